The van der Waals surface area contributed by atoms with Gasteiger partial charge in [-0.2, -0.15) is 5.16 Å². The highest BCUT2D eigenvalue weighted by Gasteiger charge is 2.27. The zero-order valence-electron chi connectivity index (χ0n) is 12.8. The van der Waals surface area contributed by atoms with Gasteiger partial charge in [-0.25, -0.2) is 13.6 Å². The Morgan fingerprint density at radius 1 is 1.29 bits per heavy atom. The third kappa shape index (κ3) is 3.64. The van der Waals surface area contributed by atoms with Gasteiger partial charge in [0.15, 0.2) is 0 Å². The molecule has 0 spiro atoms. The Bertz CT molecular complexity index is 778. The number of carbonyl (C=O) groups excluding carboxylic acids is 1. The minimum atomic E-state index is -0.620. The summed E-state index contributed by atoms with van der Waals surface area (Å²) in [4.78, 5) is 24.6. The molecular formula is C16H16F2N2O4. The number of aromatic nitrogens is 1. The monoisotopic (exact) mass is 338 g/mol. The van der Waals surface area contributed by atoms with E-state index >= 15 is 0 Å². The summed E-state index contributed by atoms with van der Waals surface area (Å²) in [5, 5.41) is 2.25. The average Bonchev–Trinajstić information content (AvgIpc) is 3.02. The Morgan fingerprint density at radius 2 is 2.04 bits per heavy atom. The number of aromatic amines is 1. The standard InChI is InChI=1S/C16H16F2N2O4/c17-12-1-2-13(18)11(7-12)9-23-16(22)20-5-3-10(4-6-20)14-8-15(21)19-24-14/h1-2,7-8,10H,3-6,9H2,(H,19,21). The Morgan fingerprint density at radius 3 is 2.71 bits per heavy atom. The van der Waals surface area contributed by atoms with E-state index in [1.807, 2.05) is 0 Å². The van der Waals surface area contributed by atoms with Crippen LogP contribution in [0, 0.1) is 11.6 Å². The van der Waals surface area contributed by atoms with Crippen molar-refractivity contribution in [3.63, 3.8) is 0 Å². The predicted octanol–water partition coefficient (Wildman–Crippen LogP) is 2.76. The van der Waals surface area contributed by atoms with Crippen LogP contribution in [0.4, 0.5) is 13.6 Å². The first-order chi connectivity index (χ1) is 11.5. The van der Waals surface area contributed by atoms with Gasteiger partial charge < -0.3 is 14.2 Å². The lowest BCUT2D eigenvalue weighted by Crippen LogP contribution is -2.38. The zero-order valence-corrected chi connectivity index (χ0v) is 12.8. The number of ether oxygens (including phenoxy) is 1. The normalized spacial score (nSPS) is 15.5. The van der Waals surface area contributed by atoms with Crippen LogP contribution in [-0.2, 0) is 11.3 Å². The molecule has 0 bridgehead atoms. The van der Waals surface area contributed by atoms with Gasteiger partial charge in [0, 0.05) is 30.6 Å². The molecule has 1 aliphatic heterocycles. The topological polar surface area (TPSA) is 75.5 Å². The van der Waals surface area contributed by atoms with Gasteiger partial charge in [0.25, 0.3) is 5.56 Å². The first-order valence-electron chi connectivity index (χ1n) is 7.57. The number of piperidine rings is 1. The van der Waals surface area contributed by atoms with Crippen LogP contribution in [0.5, 0.6) is 0 Å². The van der Waals surface area contributed by atoms with Gasteiger partial charge in [0.1, 0.15) is 24.0 Å². The summed E-state index contributed by atoms with van der Waals surface area (Å²) in [6.07, 6.45) is 0.682. The molecule has 128 valence electrons. The molecule has 24 heavy (non-hydrogen) atoms. The minimum Gasteiger partial charge on any atom is -0.444 e. The number of H-pyrrole nitrogens is 1. The van der Waals surface area contributed by atoms with Crippen molar-refractivity contribution in [2.75, 3.05) is 13.1 Å². The number of amides is 1. The largest absolute Gasteiger partial charge is 0.444 e. The van der Waals surface area contributed by atoms with E-state index in [9.17, 15) is 18.4 Å². The number of likely N-dealkylation sites (tertiary alicyclic amines) is 1. The van der Waals surface area contributed by atoms with E-state index in [-0.39, 0.29) is 23.6 Å². The molecular weight excluding hydrogens is 322 g/mol. The highest BCUT2D eigenvalue weighted by Crippen LogP contribution is 2.27. The van der Waals surface area contributed by atoms with Crippen molar-refractivity contribution in [2.45, 2.75) is 25.4 Å². The Hall–Kier alpha value is -2.64. The van der Waals surface area contributed by atoms with Crippen molar-refractivity contribution in [3.8, 4) is 0 Å². The molecule has 1 aromatic carbocycles. The third-order valence-corrected chi connectivity index (χ3v) is 4.06. The van der Waals surface area contributed by atoms with Gasteiger partial charge in [-0.05, 0) is 31.0 Å². The minimum absolute atomic E-state index is 0.00710. The SMILES string of the molecule is O=C(OCc1cc(F)ccc1F)N1CCC(c2cc(=O)[nH]o2)CC1. The van der Waals surface area contributed by atoms with E-state index in [4.69, 9.17) is 9.26 Å². The van der Waals surface area contributed by atoms with Crippen molar-refractivity contribution >= 4 is 6.09 Å². The number of carbonyl (C=O) groups is 1. The second-order valence-electron chi connectivity index (χ2n) is 5.67. The first-order valence-corrected chi connectivity index (χ1v) is 7.57. The Balaban J connectivity index is 1.52. The fourth-order valence-corrected chi connectivity index (χ4v) is 2.73. The highest BCUT2D eigenvalue weighted by atomic mass is 19.1. The molecule has 2 heterocycles. The zero-order chi connectivity index (χ0) is 17.1. The molecule has 2 aromatic rings. The van der Waals surface area contributed by atoms with Gasteiger partial charge in [-0.1, -0.05) is 0 Å². The lowest BCUT2D eigenvalue weighted by molar-refractivity contribution is 0.0846. The molecule has 1 fully saturated rings. The van der Waals surface area contributed by atoms with Crippen LogP contribution in [0.3, 0.4) is 0 Å². The van der Waals surface area contributed by atoms with E-state index in [2.05, 4.69) is 5.16 Å². The number of benzene rings is 1. The molecule has 0 unspecified atom stereocenters. The molecule has 1 saturated heterocycles. The summed E-state index contributed by atoms with van der Waals surface area (Å²) in [5.41, 5.74) is -0.295. The second kappa shape index (κ2) is 6.86. The molecule has 0 radical (unpaired) electrons. The van der Waals surface area contributed by atoms with Crippen molar-refractivity contribution in [2.24, 2.45) is 0 Å². The smallest absolute Gasteiger partial charge is 0.410 e. The third-order valence-electron chi connectivity index (χ3n) is 4.06. The summed E-state index contributed by atoms with van der Waals surface area (Å²) < 4.78 is 36.7. The summed E-state index contributed by atoms with van der Waals surface area (Å²) in [6.45, 7) is 0.545. The van der Waals surface area contributed by atoms with Crippen LogP contribution >= 0.6 is 0 Å². The summed E-state index contributed by atoms with van der Waals surface area (Å²) in [6, 6.07) is 4.41. The molecule has 6 nitrogen and oxygen atoms in total. The average molecular weight is 338 g/mol. The number of nitrogens with zero attached hydrogens (tertiary/aromatic N) is 1. The van der Waals surface area contributed by atoms with Crippen LogP contribution in [0.2, 0.25) is 0 Å². The van der Waals surface area contributed by atoms with Crippen LogP contribution in [0.25, 0.3) is 0 Å². The van der Waals surface area contributed by atoms with Gasteiger partial charge in [0.2, 0.25) is 0 Å². The molecule has 1 aliphatic rings. The maximum Gasteiger partial charge on any atom is 0.410 e. The first kappa shape index (κ1) is 16.2. The number of hydrogen-bond donors (Lipinski definition) is 1. The van der Waals surface area contributed by atoms with Gasteiger partial charge in [0.05, 0.1) is 0 Å². The van der Waals surface area contributed by atoms with Crippen LogP contribution in [0.1, 0.15) is 30.1 Å². The Labute approximate surface area is 136 Å². The lowest BCUT2D eigenvalue weighted by Gasteiger charge is -2.30. The molecule has 8 heteroatoms. The van der Waals surface area contributed by atoms with Crippen LogP contribution in [-0.4, -0.2) is 29.2 Å². The quantitative estimate of drug-likeness (QED) is 0.934. The lowest BCUT2D eigenvalue weighted by atomic mass is 9.95. The van der Waals surface area contributed by atoms with Crippen LogP contribution in [0.15, 0.2) is 33.6 Å². The molecule has 1 N–H and O–H groups in total. The van der Waals surface area contributed by atoms with Gasteiger partial charge >= 0.3 is 6.09 Å². The summed E-state index contributed by atoms with van der Waals surface area (Å²) >= 11 is 0. The molecule has 0 saturated carbocycles. The maximum absolute atomic E-state index is 13.5. The fraction of sp³-hybridized carbons (Fsp3) is 0.375. The fourth-order valence-electron chi connectivity index (χ4n) is 2.73. The molecule has 1 aromatic heterocycles. The molecule has 0 atom stereocenters. The van der Waals surface area contributed by atoms with Crippen molar-refractivity contribution < 1.29 is 22.8 Å². The van der Waals surface area contributed by atoms with E-state index < -0.39 is 17.7 Å². The maximum atomic E-state index is 13.5. The molecule has 0 aliphatic carbocycles. The second-order valence-corrected chi connectivity index (χ2v) is 5.67. The molecule has 1 amide bonds. The van der Waals surface area contributed by atoms with Gasteiger partial charge in [-0.15, -0.1) is 0 Å². The summed E-state index contributed by atoms with van der Waals surface area (Å²) in [7, 11) is 0. The molecule has 3 rings (SSSR count). The van der Waals surface area contributed by atoms with E-state index in [0.29, 0.717) is 31.7 Å². The van der Waals surface area contributed by atoms with Crippen molar-refractivity contribution in [1.29, 1.82) is 0 Å². The van der Waals surface area contributed by atoms with E-state index in [1.165, 1.54) is 11.0 Å². The number of rotatable bonds is 3. The number of halogens is 2. The highest BCUT2D eigenvalue weighted by molar-refractivity contribution is 5.67. The summed E-state index contributed by atoms with van der Waals surface area (Å²) in [5.74, 6) is -0.565. The number of hydrogen-bond acceptors (Lipinski definition) is 4. The Kier molecular flexibility index (Phi) is 4.64. The van der Waals surface area contributed by atoms with Crippen molar-refractivity contribution in [3.05, 3.63) is 57.6 Å². The van der Waals surface area contributed by atoms with E-state index in [1.54, 1.807) is 0 Å². The van der Waals surface area contributed by atoms with Crippen molar-refractivity contribution in [1.82, 2.24) is 10.1 Å². The van der Waals surface area contributed by atoms with Gasteiger partial charge in [-0.3, -0.25) is 4.79 Å². The van der Waals surface area contributed by atoms with E-state index in [0.717, 1.165) is 18.2 Å². The predicted molar refractivity (Wildman–Crippen MR) is 79.4 cm³/mol. The van der Waals surface area contributed by atoms with Crippen LogP contribution < -0.4 is 5.56 Å². The number of nitrogens with one attached hydrogen (secondary N) is 1.